The average Bonchev–Trinajstić information content (AvgIpc) is 2.95. The Kier molecular flexibility index (Phi) is 2.50. The van der Waals surface area contributed by atoms with Crippen LogP contribution >= 0.6 is 11.3 Å². The summed E-state index contributed by atoms with van der Waals surface area (Å²) in [7, 11) is 0. The van der Waals surface area contributed by atoms with E-state index >= 15 is 0 Å². The van der Waals surface area contributed by atoms with Gasteiger partial charge in [-0.05, 0) is 23.6 Å². The summed E-state index contributed by atoms with van der Waals surface area (Å²) in [5, 5.41) is 2.35. The second-order valence-corrected chi connectivity index (χ2v) is 6.60. The monoisotopic (exact) mass is 306 g/mol. The van der Waals surface area contributed by atoms with Gasteiger partial charge < -0.3 is 0 Å². The van der Waals surface area contributed by atoms with Crippen LogP contribution in [0.15, 0.2) is 60.7 Å². The van der Waals surface area contributed by atoms with Crippen LogP contribution in [0.25, 0.3) is 31.4 Å². The summed E-state index contributed by atoms with van der Waals surface area (Å²) in [6.45, 7) is 3.43. The fourth-order valence-electron chi connectivity index (χ4n) is 2.64. The minimum absolute atomic E-state index is 0.0859. The van der Waals surface area contributed by atoms with E-state index in [4.69, 9.17) is 4.11 Å². The average molecular weight is 306 g/mol. The number of benzene rings is 2. The highest BCUT2D eigenvalue weighted by molar-refractivity contribution is 7.26. The van der Waals surface area contributed by atoms with Gasteiger partial charge in [0.15, 0.2) is 0 Å². The van der Waals surface area contributed by atoms with E-state index in [0.717, 1.165) is 15.6 Å². The molecule has 0 bridgehead atoms. The lowest BCUT2D eigenvalue weighted by Crippen LogP contribution is -1.90. The van der Waals surface area contributed by atoms with Crippen LogP contribution < -0.4 is 0 Å². The van der Waals surface area contributed by atoms with Gasteiger partial charge in [0.05, 0.1) is 8.44 Å². The second kappa shape index (κ2) is 5.22. The molecule has 0 spiro atoms. The Labute approximate surface area is 138 Å². The van der Waals surface area contributed by atoms with Crippen molar-refractivity contribution in [2.45, 2.75) is 19.7 Å². The molecule has 108 valence electrons. The van der Waals surface area contributed by atoms with Gasteiger partial charge in [-0.15, -0.1) is 11.3 Å². The Hall–Kier alpha value is -2.19. The lowest BCUT2D eigenvalue weighted by Gasteiger charge is -2.07. The Morgan fingerprint density at radius 2 is 1.86 bits per heavy atom. The number of thiophene rings is 1. The molecule has 0 fully saturated rings. The number of fused-ring (bicyclic) bond motifs is 3. The van der Waals surface area contributed by atoms with Gasteiger partial charge in [-0.25, -0.2) is 0 Å². The molecule has 22 heavy (non-hydrogen) atoms. The van der Waals surface area contributed by atoms with Crippen LogP contribution in [0.2, 0.25) is 0 Å². The van der Waals surface area contributed by atoms with Crippen LogP contribution in [0.4, 0.5) is 0 Å². The van der Waals surface area contributed by atoms with E-state index < -0.39 is 5.89 Å². The predicted octanol–water partition coefficient (Wildman–Crippen LogP) is 6.24. The topological polar surface area (TPSA) is 12.9 Å². The zero-order valence-corrected chi connectivity index (χ0v) is 13.3. The van der Waals surface area contributed by atoms with E-state index in [9.17, 15) is 0 Å². The number of nitrogens with zero attached hydrogens (tertiary/aromatic N) is 1. The molecular formula is C20H17NS. The smallest absolute Gasteiger partial charge is 0.0716 e. The highest BCUT2D eigenvalue weighted by Crippen LogP contribution is 2.39. The molecule has 0 saturated carbocycles. The Bertz CT molecular complexity index is 1110. The molecule has 0 saturated heterocycles. The number of hydrogen-bond donors (Lipinski definition) is 0. The molecule has 0 amide bonds. The Morgan fingerprint density at radius 1 is 1.05 bits per heavy atom. The van der Waals surface area contributed by atoms with E-state index in [1.165, 1.54) is 10.1 Å². The molecule has 1 nitrogen and oxygen atoms in total. The van der Waals surface area contributed by atoms with E-state index in [-0.39, 0.29) is 12.1 Å². The van der Waals surface area contributed by atoms with Crippen molar-refractivity contribution in [2.24, 2.45) is 0 Å². The lowest BCUT2D eigenvalue weighted by molar-refractivity contribution is 0.859. The van der Waals surface area contributed by atoms with Gasteiger partial charge in [-0.1, -0.05) is 56.3 Å². The summed E-state index contributed by atoms with van der Waals surface area (Å²) >= 11 is 1.69. The maximum atomic E-state index is 8.43. The van der Waals surface area contributed by atoms with Crippen molar-refractivity contribution in [3.05, 3.63) is 66.3 Å². The van der Waals surface area contributed by atoms with Crippen LogP contribution in [0.1, 0.15) is 29.4 Å². The zero-order chi connectivity index (χ0) is 17.8. The molecule has 2 heteroatoms. The molecule has 0 radical (unpaired) electrons. The van der Waals surface area contributed by atoms with Gasteiger partial charge in [0.25, 0.3) is 0 Å². The van der Waals surface area contributed by atoms with Gasteiger partial charge in [-0.3, -0.25) is 4.98 Å². The molecular weight excluding hydrogens is 286 g/mol. The summed E-state index contributed by atoms with van der Waals surface area (Å²) in [5.41, 5.74) is 1.87. The molecule has 2 aromatic heterocycles. The maximum Gasteiger partial charge on any atom is 0.0716 e. The van der Waals surface area contributed by atoms with Gasteiger partial charge in [-0.2, -0.15) is 0 Å². The van der Waals surface area contributed by atoms with Crippen LogP contribution in [0.3, 0.4) is 0 Å². The maximum absolute atomic E-state index is 8.43. The normalized spacial score (nSPS) is 14.0. The molecule has 4 aromatic rings. The van der Waals surface area contributed by atoms with Crippen molar-refractivity contribution in [1.29, 1.82) is 0 Å². The van der Waals surface area contributed by atoms with Crippen molar-refractivity contribution in [3.8, 4) is 11.3 Å². The number of rotatable bonds is 2. The fourth-order valence-corrected chi connectivity index (χ4v) is 3.86. The summed E-state index contributed by atoms with van der Waals surface area (Å²) in [6, 6.07) is 14.5. The quantitative estimate of drug-likeness (QED) is 0.427. The Balaban J connectivity index is 2.01. The van der Waals surface area contributed by atoms with Crippen LogP contribution in [0.5, 0.6) is 0 Å². The molecule has 0 aliphatic rings. The predicted molar refractivity (Wildman–Crippen MR) is 96.7 cm³/mol. The van der Waals surface area contributed by atoms with E-state index in [1.807, 2.05) is 24.3 Å². The summed E-state index contributed by atoms with van der Waals surface area (Å²) in [6.07, 6.45) is 1.58. The van der Waals surface area contributed by atoms with Crippen LogP contribution in [-0.4, -0.2) is 4.98 Å². The van der Waals surface area contributed by atoms with Crippen molar-refractivity contribution in [3.63, 3.8) is 0 Å². The minimum atomic E-state index is -0.942. The third-order valence-corrected chi connectivity index (χ3v) is 5.06. The fraction of sp³-hybridized carbons (Fsp3) is 0.150. The van der Waals surface area contributed by atoms with Crippen molar-refractivity contribution < 1.29 is 4.11 Å². The molecule has 0 aliphatic heterocycles. The van der Waals surface area contributed by atoms with Gasteiger partial charge in [0, 0.05) is 33.3 Å². The zero-order valence-electron chi connectivity index (χ0n) is 15.5. The molecule has 0 unspecified atom stereocenters. The highest BCUT2D eigenvalue weighted by Gasteiger charge is 2.10. The number of hydrogen-bond acceptors (Lipinski definition) is 2. The second-order valence-electron chi connectivity index (χ2n) is 5.55. The van der Waals surface area contributed by atoms with Crippen molar-refractivity contribution >= 4 is 31.5 Å². The van der Waals surface area contributed by atoms with Gasteiger partial charge in [0.1, 0.15) is 0 Å². The standard InChI is InChI=1S/C20H17NS/c1-13(2)14-10-11-18(21-12-14)17-8-5-7-16-15-6-3-4-9-19(15)22-20(16)17/h3-13H,1-2H3/i10D,11D,13D. The first-order valence-corrected chi connectivity index (χ1v) is 8.07. The molecule has 0 atom stereocenters. The number of pyridine rings is 1. The van der Waals surface area contributed by atoms with E-state index in [2.05, 4.69) is 23.2 Å². The molecule has 2 aromatic carbocycles. The number of aromatic nitrogens is 1. The summed E-state index contributed by atoms with van der Waals surface area (Å²) < 4.78 is 27.2. The van der Waals surface area contributed by atoms with E-state index in [1.54, 1.807) is 31.4 Å². The van der Waals surface area contributed by atoms with Crippen molar-refractivity contribution in [2.75, 3.05) is 0 Å². The SMILES string of the molecule is [2H]c1c(C([2H])(C)C)cnc(-c2cccc3c2sc2ccccc23)c1[2H]. The van der Waals surface area contributed by atoms with Crippen molar-refractivity contribution in [1.82, 2.24) is 4.98 Å². The lowest BCUT2D eigenvalue weighted by atomic mass is 10.0. The van der Waals surface area contributed by atoms with Gasteiger partial charge in [0.2, 0.25) is 0 Å². The minimum Gasteiger partial charge on any atom is -0.256 e. The summed E-state index contributed by atoms with van der Waals surface area (Å²) in [4.78, 5) is 4.48. The molecule has 4 rings (SSSR count). The molecule has 0 N–H and O–H groups in total. The third-order valence-electron chi connectivity index (χ3n) is 3.84. The first-order chi connectivity index (χ1) is 11.9. The largest absolute Gasteiger partial charge is 0.256 e. The summed E-state index contributed by atoms with van der Waals surface area (Å²) in [5.74, 6) is -0.942. The van der Waals surface area contributed by atoms with E-state index in [0.29, 0.717) is 11.3 Å². The van der Waals surface area contributed by atoms with Gasteiger partial charge >= 0.3 is 0 Å². The third kappa shape index (κ3) is 2.11. The highest BCUT2D eigenvalue weighted by atomic mass is 32.1. The molecule has 2 heterocycles. The first-order valence-electron chi connectivity index (χ1n) is 8.75. The first kappa shape index (κ1) is 10.5. The van der Waals surface area contributed by atoms with Crippen LogP contribution in [-0.2, 0) is 0 Å². The Morgan fingerprint density at radius 3 is 2.73 bits per heavy atom. The molecule has 0 aliphatic carbocycles. The van der Waals surface area contributed by atoms with Crippen LogP contribution in [0, 0.1) is 0 Å².